The third-order valence-electron chi connectivity index (χ3n) is 2.78. The van der Waals surface area contributed by atoms with E-state index in [-0.39, 0.29) is 0 Å². The molecule has 1 aromatic carbocycles. The Labute approximate surface area is 123 Å². The van der Waals surface area contributed by atoms with Crippen molar-refractivity contribution in [1.82, 2.24) is 4.57 Å². The average Bonchev–Trinajstić information content (AvgIpc) is 2.84. The molecule has 1 N–H and O–H groups in total. The number of hydrogen-bond donors (Lipinski definition) is 1. The summed E-state index contributed by atoms with van der Waals surface area (Å²) in [5, 5.41) is 8.83. The van der Waals surface area contributed by atoms with Crippen molar-refractivity contribution in [2.45, 2.75) is 17.6 Å². The summed E-state index contributed by atoms with van der Waals surface area (Å²) in [6.45, 7) is 0.302. The SMILES string of the molecule is O=C(O)c1cn(CCSc2ccccc2)cc1C(F)(F)F. The minimum absolute atomic E-state index is 0.302. The molecule has 0 aliphatic rings. The number of carboxylic acid groups (broad SMARTS) is 1. The van der Waals surface area contributed by atoms with Gasteiger partial charge in [-0.2, -0.15) is 13.2 Å². The van der Waals surface area contributed by atoms with E-state index in [1.165, 1.54) is 16.3 Å². The molecular formula is C14H12F3NO2S. The van der Waals surface area contributed by atoms with E-state index in [1.54, 1.807) is 0 Å². The minimum Gasteiger partial charge on any atom is -0.478 e. The summed E-state index contributed by atoms with van der Waals surface area (Å²) in [5.41, 5.74) is -1.83. The van der Waals surface area contributed by atoms with Crippen LogP contribution in [0.25, 0.3) is 0 Å². The first-order valence-electron chi connectivity index (χ1n) is 6.06. The van der Waals surface area contributed by atoms with E-state index in [4.69, 9.17) is 5.11 Å². The molecule has 2 rings (SSSR count). The number of hydrogen-bond acceptors (Lipinski definition) is 2. The fraction of sp³-hybridized carbons (Fsp3) is 0.214. The highest BCUT2D eigenvalue weighted by Gasteiger charge is 2.36. The van der Waals surface area contributed by atoms with Gasteiger partial charge in [0.15, 0.2) is 0 Å². The predicted octanol–water partition coefficient (Wildman–Crippen LogP) is 4.00. The molecule has 112 valence electrons. The van der Waals surface area contributed by atoms with Crippen LogP contribution in [0.2, 0.25) is 0 Å². The highest BCUT2D eigenvalue weighted by atomic mass is 32.2. The van der Waals surface area contributed by atoms with Crippen molar-refractivity contribution in [3.63, 3.8) is 0 Å². The highest BCUT2D eigenvalue weighted by Crippen LogP contribution is 2.32. The Hall–Kier alpha value is -1.89. The summed E-state index contributed by atoms with van der Waals surface area (Å²) >= 11 is 1.50. The van der Waals surface area contributed by atoms with E-state index in [2.05, 4.69) is 0 Å². The Kier molecular flexibility index (Phi) is 4.62. The van der Waals surface area contributed by atoms with E-state index in [0.717, 1.165) is 17.3 Å². The first-order valence-corrected chi connectivity index (χ1v) is 7.04. The Bertz CT molecular complexity index is 623. The zero-order chi connectivity index (χ0) is 15.5. The molecule has 0 aliphatic carbocycles. The van der Waals surface area contributed by atoms with Crippen LogP contribution in [-0.4, -0.2) is 21.4 Å². The largest absolute Gasteiger partial charge is 0.478 e. The molecule has 0 atom stereocenters. The molecule has 0 unspecified atom stereocenters. The van der Waals surface area contributed by atoms with Gasteiger partial charge in [0.1, 0.15) is 0 Å². The normalized spacial score (nSPS) is 11.6. The van der Waals surface area contributed by atoms with Gasteiger partial charge >= 0.3 is 12.1 Å². The molecule has 0 aliphatic heterocycles. The van der Waals surface area contributed by atoms with Crippen molar-refractivity contribution in [1.29, 1.82) is 0 Å². The monoisotopic (exact) mass is 315 g/mol. The molecule has 0 saturated heterocycles. The lowest BCUT2D eigenvalue weighted by molar-refractivity contribution is -0.138. The molecule has 3 nitrogen and oxygen atoms in total. The molecule has 21 heavy (non-hydrogen) atoms. The van der Waals surface area contributed by atoms with Crippen molar-refractivity contribution in [2.75, 3.05) is 5.75 Å². The van der Waals surface area contributed by atoms with Crippen molar-refractivity contribution in [3.05, 3.63) is 53.9 Å². The number of benzene rings is 1. The summed E-state index contributed by atoms with van der Waals surface area (Å²) < 4.78 is 39.4. The van der Waals surface area contributed by atoms with Crippen LogP contribution in [0.4, 0.5) is 13.2 Å². The Morgan fingerprint density at radius 3 is 2.38 bits per heavy atom. The third-order valence-corrected chi connectivity index (χ3v) is 3.77. The van der Waals surface area contributed by atoms with Crippen LogP contribution in [0, 0.1) is 0 Å². The highest BCUT2D eigenvalue weighted by molar-refractivity contribution is 7.99. The quantitative estimate of drug-likeness (QED) is 0.848. The number of carbonyl (C=O) groups is 1. The lowest BCUT2D eigenvalue weighted by Crippen LogP contribution is -2.09. The summed E-state index contributed by atoms with van der Waals surface area (Å²) in [5.74, 6) is -1.02. The number of carboxylic acids is 1. The van der Waals surface area contributed by atoms with Gasteiger partial charge in [-0.3, -0.25) is 0 Å². The molecule has 0 saturated carbocycles. The fourth-order valence-corrected chi connectivity index (χ4v) is 2.71. The van der Waals surface area contributed by atoms with Gasteiger partial charge in [-0.1, -0.05) is 18.2 Å². The second-order valence-electron chi connectivity index (χ2n) is 4.29. The van der Waals surface area contributed by atoms with Crippen molar-refractivity contribution in [3.8, 4) is 0 Å². The maximum absolute atomic E-state index is 12.7. The number of halogens is 3. The zero-order valence-electron chi connectivity index (χ0n) is 10.8. The van der Waals surface area contributed by atoms with E-state index < -0.39 is 23.3 Å². The Morgan fingerprint density at radius 1 is 1.19 bits per heavy atom. The molecule has 0 bridgehead atoms. The summed E-state index contributed by atoms with van der Waals surface area (Å²) in [6.07, 6.45) is -2.79. The average molecular weight is 315 g/mol. The molecule has 1 aromatic heterocycles. The summed E-state index contributed by atoms with van der Waals surface area (Å²) in [7, 11) is 0. The summed E-state index contributed by atoms with van der Waals surface area (Å²) in [6, 6.07) is 9.45. The number of thioether (sulfide) groups is 1. The van der Waals surface area contributed by atoms with Crippen LogP contribution >= 0.6 is 11.8 Å². The van der Waals surface area contributed by atoms with Gasteiger partial charge in [0, 0.05) is 29.6 Å². The van der Waals surface area contributed by atoms with Crippen molar-refractivity contribution >= 4 is 17.7 Å². The van der Waals surface area contributed by atoms with Gasteiger partial charge in [-0.05, 0) is 12.1 Å². The van der Waals surface area contributed by atoms with Gasteiger partial charge < -0.3 is 9.67 Å². The minimum atomic E-state index is -4.66. The molecule has 1 heterocycles. The van der Waals surface area contributed by atoms with Crippen LogP contribution in [0.5, 0.6) is 0 Å². The lowest BCUT2D eigenvalue weighted by atomic mass is 10.2. The maximum Gasteiger partial charge on any atom is 0.418 e. The molecule has 0 spiro atoms. The maximum atomic E-state index is 12.7. The molecule has 2 aromatic rings. The van der Waals surface area contributed by atoms with E-state index >= 15 is 0 Å². The van der Waals surface area contributed by atoms with Crippen molar-refractivity contribution in [2.24, 2.45) is 0 Å². The predicted molar refractivity (Wildman–Crippen MR) is 73.6 cm³/mol. The van der Waals surface area contributed by atoms with Gasteiger partial charge in [0.2, 0.25) is 0 Å². The van der Waals surface area contributed by atoms with E-state index in [1.807, 2.05) is 30.3 Å². The van der Waals surface area contributed by atoms with E-state index in [9.17, 15) is 18.0 Å². The second kappa shape index (κ2) is 6.26. The van der Waals surface area contributed by atoms with Crippen LogP contribution in [0.3, 0.4) is 0 Å². The lowest BCUT2D eigenvalue weighted by Gasteiger charge is -2.05. The number of aromatic carboxylic acids is 1. The number of aromatic nitrogens is 1. The standard InChI is InChI=1S/C14H12F3NO2S/c15-14(16,17)12-9-18(8-11(12)13(19)20)6-7-21-10-4-2-1-3-5-10/h1-5,8-9H,6-7H2,(H,19,20). The molecule has 0 radical (unpaired) electrons. The molecule has 0 fully saturated rings. The Morgan fingerprint density at radius 2 is 1.86 bits per heavy atom. The van der Waals surface area contributed by atoms with Gasteiger partial charge in [0.05, 0.1) is 11.1 Å². The van der Waals surface area contributed by atoms with Crippen LogP contribution in [0.15, 0.2) is 47.6 Å². The van der Waals surface area contributed by atoms with Crippen LogP contribution in [0.1, 0.15) is 15.9 Å². The second-order valence-corrected chi connectivity index (χ2v) is 5.46. The molecular weight excluding hydrogens is 303 g/mol. The van der Waals surface area contributed by atoms with Gasteiger partial charge in [-0.15, -0.1) is 11.8 Å². The zero-order valence-corrected chi connectivity index (χ0v) is 11.6. The first-order chi connectivity index (χ1) is 9.88. The van der Waals surface area contributed by atoms with Gasteiger partial charge in [-0.25, -0.2) is 4.79 Å². The Balaban J connectivity index is 2.06. The van der Waals surface area contributed by atoms with Crippen LogP contribution < -0.4 is 0 Å². The van der Waals surface area contributed by atoms with E-state index in [0.29, 0.717) is 12.3 Å². The smallest absolute Gasteiger partial charge is 0.418 e. The van der Waals surface area contributed by atoms with Crippen molar-refractivity contribution < 1.29 is 23.1 Å². The molecule has 7 heteroatoms. The first kappa shape index (κ1) is 15.5. The molecule has 0 amide bonds. The summed E-state index contributed by atoms with van der Waals surface area (Å²) in [4.78, 5) is 11.9. The van der Waals surface area contributed by atoms with Crippen LogP contribution in [-0.2, 0) is 12.7 Å². The number of aryl methyl sites for hydroxylation is 1. The number of nitrogens with zero attached hydrogens (tertiary/aromatic N) is 1. The fourth-order valence-electron chi connectivity index (χ4n) is 1.82. The number of rotatable bonds is 5. The van der Waals surface area contributed by atoms with Gasteiger partial charge in [0.25, 0.3) is 0 Å². The third kappa shape index (κ3) is 4.04. The number of alkyl halides is 3. The topological polar surface area (TPSA) is 42.2 Å².